The lowest BCUT2D eigenvalue weighted by molar-refractivity contribution is 0.112. The maximum Gasteiger partial charge on any atom is 0.150 e. The van der Waals surface area contributed by atoms with Gasteiger partial charge in [-0.25, -0.2) is 8.78 Å². The molecule has 0 saturated carbocycles. The number of halogens is 3. The van der Waals surface area contributed by atoms with Gasteiger partial charge in [0.05, 0.1) is 0 Å². The zero-order chi connectivity index (χ0) is 12.4. The Morgan fingerprint density at radius 1 is 1.00 bits per heavy atom. The Balaban J connectivity index is 2.67. The van der Waals surface area contributed by atoms with Gasteiger partial charge in [0.2, 0.25) is 0 Å². The van der Waals surface area contributed by atoms with Crippen LogP contribution in [0.4, 0.5) is 8.78 Å². The smallest absolute Gasteiger partial charge is 0.150 e. The monoisotopic (exact) mass is 252 g/mol. The molecular formula is C13H7ClF2O. The maximum absolute atomic E-state index is 13.6. The van der Waals surface area contributed by atoms with Gasteiger partial charge in [0, 0.05) is 16.1 Å². The van der Waals surface area contributed by atoms with Crippen LogP contribution in [0.1, 0.15) is 10.4 Å². The van der Waals surface area contributed by atoms with E-state index in [9.17, 15) is 13.6 Å². The van der Waals surface area contributed by atoms with Crippen LogP contribution in [0.15, 0.2) is 36.4 Å². The van der Waals surface area contributed by atoms with Crippen molar-refractivity contribution < 1.29 is 13.6 Å². The summed E-state index contributed by atoms with van der Waals surface area (Å²) in [6.45, 7) is 0. The van der Waals surface area contributed by atoms with E-state index < -0.39 is 11.6 Å². The minimum Gasteiger partial charge on any atom is -0.298 e. The Labute approximate surface area is 102 Å². The summed E-state index contributed by atoms with van der Waals surface area (Å²) >= 11 is 5.73. The first-order valence-electron chi connectivity index (χ1n) is 4.82. The molecule has 17 heavy (non-hydrogen) atoms. The minimum absolute atomic E-state index is 0.0452. The summed E-state index contributed by atoms with van der Waals surface area (Å²) in [4.78, 5) is 10.9. The second-order valence-corrected chi connectivity index (χ2v) is 3.91. The number of hydrogen-bond acceptors (Lipinski definition) is 1. The van der Waals surface area contributed by atoms with Crippen molar-refractivity contribution in [2.75, 3.05) is 0 Å². The number of aldehydes is 1. The molecule has 0 aliphatic rings. The molecule has 2 rings (SSSR count). The Morgan fingerprint density at radius 3 is 2.47 bits per heavy atom. The number of carbonyl (C=O) groups is 1. The molecule has 0 radical (unpaired) electrons. The predicted octanol–water partition coefficient (Wildman–Crippen LogP) is 4.10. The Hall–Kier alpha value is -1.74. The first kappa shape index (κ1) is 11.7. The van der Waals surface area contributed by atoms with Crippen LogP contribution in [0.25, 0.3) is 11.1 Å². The molecule has 2 aromatic rings. The molecule has 0 bridgehead atoms. The van der Waals surface area contributed by atoms with Crippen molar-refractivity contribution in [3.8, 4) is 11.1 Å². The first-order chi connectivity index (χ1) is 8.11. The van der Waals surface area contributed by atoms with Crippen LogP contribution in [0.3, 0.4) is 0 Å². The molecule has 1 nitrogen and oxygen atoms in total. The number of benzene rings is 2. The molecule has 0 amide bonds. The summed E-state index contributed by atoms with van der Waals surface area (Å²) in [5.41, 5.74) is 0.590. The highest BCUT2D eigenvalue weighted by atomic mass is 35.5. The molecule has 0 saturated heterocycles. The molecule has 0 unspecified atom stereocenters. The average molecular weight is 253 g/mol. The highest BCUT2D eigenvalue weighted by Crippen LogP contribution is 2.28. The number of rotatable bonds is 2. The summed E-state index contributed by atoms with van der Waals surface area (Å²) in [7, 11) is 0. The fourth-order valence-corrected chi connectivity index (χ4v) is 1.76. The van der Waals surface area contributed by atoms with Crippen LogP contribution < -0.4 is 0 Å². The van der Waals surface area contributed by atoms with Gasteiger partial charge in [-0.1, -0.05) is 17.7 Å². The highest BCUT2D eigenvalue weighted by Gasteiger charge is 2.11. The Kier molecular flexibility index (Phi) is 3.20. The van der Waals surface area contributed by atoms with E-state index in [1.165, 1.54) is 18.2 Å². The molecular weight excluding hydrogens is 246 g/mol. The molecule has 0 aliphatic carbocycles. The fraction of sp³-hybridized carbons (Fsp3) is 0. The molecule has 0 heterocycles. The normalized spacial score (nSPS) is 10.3. The Morgan fingerprint density at radius 2 is 1.76 bits per heavy atom. The lowest BCUT2D eigenvalue weighted by atomic mass is 10.00. The van der Waals surface area contributed by atoms with Crippen molar-refractivity contribution in [1.29, 1.82) is 0 Å². The second kappa shape index (κ2) is 4.63. The maximum atomic E-state index is 13.6. The summed E-state index contributed by atoms with van der Waals surface area (Å²) in [5, 5.41) is 0.368. The second-order valence-electron chi connectivity index (χ2n) is 3.47. The quantitative estimate of drug-likeness (QED) is 0.736. The molecule has 0 aliphatic heterocycles. The van der Waals surface area contributed by atoms with Gasteiger partial charge in [-0.3, -0.25) is 4.79 Å². The van der Waals surface area contributed by atoms with E-state index in [2.05, 4.69) is 0 Å². The molecule has 0 fully saturated rings. The molecule has 2 aromatic carbocycles. The third-order valence-electron chi connectivity index (χ3n) is 2.36. The molecule has 0 N–H and O–H groups in total. The SMILES string of the molecule is O=Cc1cc(Cl)ccc1-c1cc(F)ccc1F. The van der Waals surface area contributed by atoms with Crippen molar-refractivity contribution in [3.63, 3.8) is 0 Å². The Bertz CT molecular complexity index is 582. The van der Waals surface area contributed by atoms with E-state index in [4.69, 9.17) is 11.6 Å². The van der Waals surface area contributed by atoms with E-state index in [1.807, 2.05) is 0 Å². The van der Waals surface area contributed by atoms with Crippen molar-refractivity contribution >= 4 is 17.9 Å². The molecule has 4 heteroatoms. The van der Waals surface area contributed by atoms with E-state index in [1.54, 1.807) is 0 Å². The zero-order valence-corrected chi connectivity index (χ0v) is 9.34. The average Bonchev–Trinajstić information content (AvgIpc) is 2.32. The van der Waals surface area contributed by atoms with Crippen LogP contribution >= 0.6 is 11.6 Å². The number of carbonyl (C=O) groups excluding carboxylic acids is 1. The minimum atomic E-state index is -0.586. The van der Waals surface area contributed by atoms with Gasteiger partial charge in [-0.05, 0) is 35.9 Å². The van der Waals surface area contributed by atoms with Crippen molar-refractivity contribution in [2.24, 2.45) is 0 Å². The van der Waals surface area contributed by atoms with Gasteiger partial charge in [-0.15, -0.1) is 0 Å². The zero-order valence-electron chi connectivity index (χ0n) is 8.58. The third kappa shape index (κ3) is 2.34. The highest BCUT2D eigenvalue weighted by molar-refractivity contribution is 6.31. The van der Waals surface area contributed by atoms with Crippen LogP contribution in [-0.4, -0.2) is 6.29 Å². The first-order valence-corrected chi connectivity index (χ1v) is 5.20. The van der Waals surface area contributed by atoms with Gasteiger partial charge < -0.3 is 0 Å². The van der Waals surface area contributed by atoms with Crippen LogP contribution in [0, 0.1) is 11.6 Å². The summed E-state index contributed by atoms with van der Waals surface area (Å²) in [6.07, 6.45) is 0.561. The van der Waals surface area contributed by atoms with Crippen LogP contribution in [0.2, 0.25) is 5.02 Å². The summed E-state index contributed by atoms with van der Waals surface area (Å²) in [5.74, 6) is -1.15. The van der Waals surface area contributed by atoms with Gasteiger partial charge in [0.15, 0.2) is 6.29 Å². The van der Waals surface area contributed by atoms with Crippen molar-refractivity contribution in [3.05, 3.63) is 58.6 Å². The van der Waals surface area contributed by atoms with Gasteiger partial charge >= 0.3 is 0 Å². The largest absolute Gasteiger partial charge is 0.298 e. The summed E-state index contributed by atoms with van der Waals surface area (Å²) in [6, 6.07) is 7.52. The van der Waals surface area contributed by atoms with Crippen molar-refractivity contribution in [2.45, 2.75) is 0 Å². The standard InChI is InChI=1S/C13H7ClF2O/c14-9-1-3-11(8(5-9)7-17)12-6-10(15)2-4-13(12)16/h1-7H. The van der Waals surface area contributed by atoms with E-state index in [0.29, 0.717) is 16.9 Å². The number of hydrogen-bond donors (Lipinski definition) is 0. The van der Waals surface area contributed by atoms with Gasteiger partial charge in [0.25, 0.3) is 0 Å². The molecule has 0 spiro atoms. The molecule has 0 atom stereocenters. The predicted molar refractivity (Wildman–Crippen MR) is 62.2 cm³/mol. The molecule has 0 aromatic heterocycles. The summed E-state index contributed by atoms with van der Waals surface area (Å²) < 4.78 is 26.6. The van der Waals surface area contributed by atoms with Gasteiger partial charge in [0.1, 0.15) is 11.6 Å². The van der Waals surface area contributed by atoms with E-state index in [0.717, 1.165) is 18.2 Å². The lowest BCUT2D eigenvalue weighted by Gasteiger charge is -2.07. The van der Waals surface area contributed by atoms with Crippen LogP contribution in [-0.2, 0) is 0 Å². The fourth-order valence-electron chi connectivity index (χ4n) is 1.58. The van der Waals surface area contributed by atoms with E-state index in [-0.39, 0.29) is 11.1 Å². The lowest BCUT2D eigenvalue weighted by Crippen LogP contribution is -1.92. The molecule has 86 valence electrons. The van der Waals surface area contributed by atoms with Crippen LogP contribution in [0.5, 0.6) is 0 Å². The third-order valence-corrected chi connectivity index (χ3v) is 2.59. The van der Waals surface area contributed by atoms with E-state index >= 15 is 0 Å². The topological polar surface area (TPSA) is 17.1 Å². The van der Waals surface area contributed by atoms with Gasteiger partial charge in [-0.2, -0.15) is 0 Å². The van der Waals surface area contributed by atoms with Crippen molar-refractivity contribution in [1.82, 2.24) is 0 Å².